The van der Waals surface area contributed by atoms with Crippen molar-refractivity contribution in [1.82, 2.24) is 15.6 Å². The molecule has 88 valence electrons. The normalized spacial score (nSPS) is 20.6. The van der Waals surface area contributed by atoms with Crippen molar-refractivity contribution in [3.63, 3.8) is 0 Å². The van der Waals surface area contributed by atoms with Crippen molar-refractivity contribution in [2.45, 2.75) is 6.04 Å². The van der Waals surface area contributed by atoms with Gasteiger partial charge in [0.25, 0.3) is 0 Å². The van der Waals surface area contributed by atoms with Crippen LogP contribution in [0, 0.1) is 0 Å². The van der Waals surface area contributed by atoms with Crippen LogP contribution in [-0.4, -0.2) is 36.4 Å². The first-order valence-electron chi connectivity index (χ1n) is 5.91. The second-order valence-electron chi connectivity index (χ2n) is 4.35. The number of carbonyl (C=O) groups excluding carboxylic acids is 1. The molecule has 1 aromatic carbocycles. The zero-order valence-corrected chi connectivity index (χ0v) is 9.49. The number of rotatable bonds is 2. The molecule has 0 aliphatic carbocycles. The maximum absolute atomic E-state index is 12.2. The Morgan fingerprint density at radius 2 is 2.12 bits per heavy atom. The Balaban J connectivity index is 1.89. The van der Waals surface area contributed by atoms with Crippen molar-refractivity contribution in [3.05, 3.63) is 36.0 Å². The van der Waals surface area contributed by atoms with Crippen molar-refractivity contribution in [2.24, 2.45) is 0 Å². The lowest BCUT2D eigenvalue weighted by Crippen LogP contribution is -2.52. The van der Waals surface area contributed by atoms with E-state index in [4.69, 9.17) is 0 Å². The molecule has 3 N–H and O–H groups in total. The number of Topliss-reactive ketones (excluding diaryl/α,β-unsaturated/α-hetero) is 1. The van der Waals surface area contributed by atoms with Crippen molar-refractivity contribution in [3.8, 4) is 0 Å². The minimum absolute atomic E-state index is 0.114. The summed E-state index contributed by atoms with van der Waals surface area (Å²) in [7, 11) is 0. The highest BCUT2D eigenvalue weighted by atomic mass is 16.1. The molecule has 1 unspecified atom stereocenters. The van der Waals surface area contributed by atoms with E-state index in [1.165, 1.54) is 0 Å². The first-order valence-corrected chi connectivity index (χ1v) is 5.91. The fraction of sp³-hybridized carbons (Fsp3) is 0.308. The van der Waals surface area contributed by atoms with E-state index in [0.717, 1.165) is 24.0 Å². The highest BCUT2D eigenvalue weighted by molar-refractivity contribution is 6.02. The van der Waals surface area contributed by atoms with Gasteiger partial charge in [0.15, 0.2) is 5.78 Å². The van der Waals surface area contributed by atoms with Crippen LogP contribution in [-0.2, 0) is 0 Å². The number of hydrogen-bond acceptors (Lipinski definition) is 3. The fourth-order valence-electron chi connectivity index (χ4n) is 2.23. The van der Waals surface area contributed by atoms with Crippen molar-refractivity contribution in [2.75, 3.05) is 19.6 Å². The van der Waals surface area contributed by atoms with E-state index in [-0.39, 0.29) is 11.8 Å². The SMILES string of the molecule is O=C(c1cc2ccccc2[nH]1)C1CNCCN1. The molecule has 2 heterocycles. The van der Waals surface area contributed by atoms with Crippen LogP contribution in [0.4, 0.5) is 0 Å². The molecule has 0 saturated carbocycles. The lowest BCUT2D eigenvalue weighted by molar-refractivity contribution is 0.0930. The van der Waals surface area contributed by atoms with Crippen LogP contribution in [0.25, 0.3) is 10.9 Å². The number of fused-ring (bicyclic) bond motifs is 1. The number of benzene rings is 1. The Kier molecular flexibility index (Phi) is 2.66. The monoisotopic (exact) mass is 229 g/mol. The van der Waals surface area contributed by atoms with E-state index in [2.05, 4.69) is 15.6 Å². The highest BCUT2D eigenvalue weighted by Crippen LogP contribution is 2.15. The number of H-pyrrole nitrogens is 1. The molecule has 1 aliphatic rings. The van der Waals surface area contributed by atoms with E-state index >= 15 is 0 Å². The molecule has 3 rings (SSSR count). The number of aromatic amines is 1. The van der Waals surface area contributed by atoms with Crippen LogP contribution in [0.5, 0.6) is 0 Å². The van der Waals surface area contributed by atoms with Gasteiger partial charge in [0, 0.05) is 30.5 Å². The molecule has 17 heavy (non-hydrogen) atoms. The molecule has 0 spiro atoms. The summed E-state index contributed by atoms with van der Waals surface area (Å²) in [5.74, 6) is 0.133. The minimum atomic E-state index is -0.114. The standard InChI is InChI=1S/C13H15N3O/c17-13(12-8-14-5-6-15-12)11-7-9-3-1-2-4-10(9)16-11/h1-4,7,12,14-16H,5-6,8H2. The third-order valence-electron chi connectivity index (χ3n) is 3.15. The van der Waals surface area contributed by atoms with Crippen molar-refractivity contribution < 1.29 is 4.79 Å². The topological polar surface area (TPSA) is 56.9 Å². The van der Waals surface area contributed by atoms with Crippen LogP contribution in [0.2, 0.25) is 0 Å². The maximum Gasteiger partial charge on any atom is 0.197 e. The van der Waals surface area contributed by atoms with E-state index in [0.29, 0.717) is 12.2 Å². The summed E-state index contributed by atoms with van der Waals surface area (Å²) in [5, 5.41) is 7.53. The molecular weight excluding hydrogens is 214 g/mol. The van der Waals surface area contributed by atoms with Gasteiger partial charge in [-0.2, -0.15) is 0 Å². The van der Waals surface area contributed by atoms with Gasteiger partial charge in [-0.05, 0) is 12.1 Å². The molecule has 4 nitrogen and oxygen atoms in total. The van der Waals surface area contributed by atoms with Gasteiger partial charge in [-0.3, -0.25) is 4.79 Å². The Hall–Kier alpha value is -1.65. The molecule has 2 aromatic rings. The van der Waals surface area contributed by atoms with Crippen molar-refractivity contribution in [1.29, 1.82) is 0 Å². The predicted octanol–water partition coefficient (Wildman–Crippen LogP) is 0.912. The van der Waals surface area contributed by atoms with Gasteiger partial charge >= 0.3 is 0 Å². The van der Waals surface area contributed by atoms with Crippen molar-refractivity contribution >= 4 is 16.7 Å². The molecule has 0 radical (unpaired) electrons. The van der Waals surface area contributed by atoms with E-state index < -0.39 is 0 Å². The summed E-state index contributed by atoms with van der Waals surface area (Å²) in [4.78, 5) is 15.4. The van der Waals surface area contributed by atoms with Gasteiger partial charge in [-0.25, -0.2) is 0 Å². The molecule has 0 bridgehead atoms. The first kappa shape index (κ1) is 10.5. The summed E-state index contributed by atoms with van der Waals surface area (Å²) in [6, 6.07) is 9.75. The average Bonchev–Trinajstić information content (AvgIpc) is 2.82. The second kappa shape index (κ2) is 4.31. The van der Waals surface area contributed by atoms with Crippen LogP contribution >= 0.6 is 0 Å². The largest absolute Gasteiger partial charge is 0.352 e. The van der Waals surface area contributed by atoms with Gasteiger partial charge in [0.2, 0.25) is 0 Å². The molecule has 4 heteroatoms. The molecule has 1 aromatic heterocycles. The zero-order chi connectivity index (χ0) is 11.7. The van der Waals surface area contributed by atoms with Gasteiger partial charge < -0.3 is 15.6 Å². The molecule has 1 saturated heterocycles. The molecule has 1 atom stereocenters. The van der Waals surface area contributed by atoms with Gasteiger partial charge in [0.1, 0.15) is 0 Å². The minimum Gasteiger partial charge on any atom is -0.352 e. The number of aromatic nitrogens is 1. The number of nitrogens with one attached hydrogen (secondary N) is 3. The average molecular weight is 229 g/mol. The summed E-state index contributed by atoms with van der Waals surface area (Å²) in [5.41, 5.74) is 1.70. The zero-order valence-electron chi connectivity index (χ0n) is 9.49. The van der Waals surface area contributed by atoms with Crippen LogP contribution < -0.4 is 10.6 Å². The first-order chi connectivity index (χ1) is 8.34. The number of carbonyl (C=O) groups is 1. The van der Waals surface area contributed by atoms with Gasteiger partial charge in [-0.1, -0.05) is 18.2 Å². The molecule has 0 amide bonds. The lowest BCUT2D eigenvalue weighted by atomic mass is 10.1. The maximum atomic E-state index is 12.2. The third kappa shape index (κ3) is 1.97. The quantitative estimate of drug-likeness (QED) is 0.671. The second-order valence-corrected chi connectivity index (χ2v) is 4.35. The van der Waals surface area contributed by atoms with Crippen LogP contribution in [0.15, 0.2) is 30.3 Å². The lowest BCUT2D eigenvalue weighted by Gasteiger charge is -2.22. The number of ketones is 1. The van der Waals surface area contributed by atoms with E-state index in [9.17, 15) is 4.79 Å². The summed E-state index contributed by atoms with van der Waals surface area (Å²) in [6.07, 6.45) is 0. The summed E-state index contributed by atoms with van der Waals surface area (Å²) >= 11 is 0. The Morgan fingerprint density at radius 3 is 2.88 bits per heavy atom. The Bertz CT molecular complexity index is 507. The molecular formula is C13H15N3O. The van der Waals surface area contributed by atoms with Crippen LogP contribution in [0.1, 0.15) is 10.5 Å². The molecule has 1 aliphatic heterocycles. The number of para-hydroxylation sites is 1. The Labute approximate surface area is 99.4 Å². The highest BCUT2D eigenvalue weighted by Gasteiger charge is 2.22. The Morgan fingerprint density at radius 1 is 1.24 bits per heavy atom. The van der Waals surface area contributed by atoms with E-state index in [1.807, 2.05) is 30.3 Å². The van der Waals surface area contributed by atoms with E-state index in [1.54, 1.807) is 0 Å². The third-order valence-corrected chi connectivity index (χ3v) is 3.15. The number of hydrogen-bond donors (Lipinski definition) is 3. The summed E-state index contributed by atoms with van der Waals surface area (Å²) < 4.78 is 0. The smallest absolute Gasteiger partial charge is 0.197 e. The fourth-order valence-corrected chi connectivity index (χ4v) is 2.23. The molecule has 1 fully saturated rings. The number of piperazine rings is 1. The summed E-state index contributed by atoms with van der Waals surface area (Å²) in [6.45, 7) is 2.47. The van der Waals surface area contributed by atoms with Gasteiger partial charge in [0.05, 0.1) is 11.7 Å². The van der Waals surface area contributed by atoms with Gasteiger partial charge in [-0.15, -0.1) is 0 Å². The predicted molar refractivity (Wildman–Crippen MR) is 67.3 cm³/mol. The van der Waals surface area contributed by atoms with Crippen LogP contribution in [0.3, 0.4) is 0 Å².